The second kappa shape index (κ2) is 5.89. The highest BCUT2D eigenvalue weighted by atomic mass is 79.9. The van der Waals surface area contributed by atoms with Crippen LogP contribution in [0.4, 0.5) is 4.79 Å². The van der Waals surface area contributed by atoms with Gasteiger partial charge in [0.05, 0.1) is 0 Å². The molecule has 16 heavy (non-hydrogen) atoms. The lowest BCUT2D eigenvalue weighted by atomic mass is 10.0. The summed E-state index contributed by atoms with van der Waals surface area (Å²) in [6.07, 6.45) is 4.28. The van der Waals surface area contributed by atoms with E-state index in [0.717, 1.165) is 31.1 Å². The highest BCUT2D eigenvalue weighted by Gasteiger charge is 2.29. The molecule has 1 atom stereocenters. The Bertz CT molecular complexity index is 236. The van der Waals surface area contributed by atoms with Gasteiger partial charge in [-0.15, -0.1) is 0 Å². The maximum Gasteiger partial charge on any atom is 0.410 e. The van der Waals surface area contributed by atoms with Gasteiger partial charge in [-0.25, -0.2) is 4.79 Å². The van der Waals surface area contributed by atoms with Crippen LogP contribution in [0, 0.1) is 0 Å². The number of ether oxygens (including phenoxy) is 1. The zero-order valence-electron chi connectivity index (χ0n) is 10.5. The van der Waals surface area contributed by atoms with Crippen molar-refractivity contribution in [3.63, 3.8) is 0 Å². The average Bonchev–Trinajstić information content (AvgIpc) is 2.16. The first kappa shape index (κ1) is 13.8. The van der Waals surface area contributed by atoms with Gasteiger partial charge in [0.15, 0.2) is 0 Å². The van der Waals surface area contributed by atoms with E-state index in [2.05, 4.69) is 15.9 Å². The molecule has 0 aromatic heterocycles. The van der Waals surface area contributed by atoms with E-state index in [1.807, 2.05) is 25.7 Å². The van der Waals surface area contributed by atoms with Crippen LogP contribution in [-0.2, 0) is 4.74 Å². The number of rotatable bonds is 2. The van der Waals surface area contributed by atoms with Crippen LogP contribution in [0.15, 0.2) is 0 Å². The van der Waals surface area contributed by atoms with Crippen LogP contribution in [0.1, 0.15) is 46.5 Å². The molecule has 1 amide bonds. The van der Waals surface area contributed by atoms with Gasteiger partial charge in [0.2, 0.25) is 0 Å². The maximum atomic E-state index is 12.0. The number of nitrogens with zero attached hydrogens (tertiary/aromatic N) is 1. The third kappa shape index (κ3) is 4.32. The first-order chi connectivity index (χ1) is 7.44. The van der Waals surface area contributed by atoms with Crippen LogP contribution < -0.4 is 0 Å². The number of alkyl halides is 1. The second-order valence-corrected chi connectivity index (χ2v) is 6.09. The smallest absolute Gasteiger partial charge is 0.410 e. The number of carbonyl (C=O) groups excluding carboxylic acids is 1. The molecule has 0 aromatic carbocycles. The number of hydrogen-bond acceptors (Lipinski definition) is 2. The van der Waals surface area contributed by atoms with Gasteiger partial charge < -0.3 is 9.64 Å². The summed E-state index contributed by atoms with van der Waals surface area (Å²) in [6.45, 7) is 6.57. The fraction of sp³-hybridized carbons (Fsp3) is 0.917. The summed E-state index contributed by atoms with van der Waals surface area (Å²) in [5.41, 5.74) is -0.395. The molecule has 0 unspecified atom stereocenters. The van der Waals surface area contributed by atoms with E-state index >= 15 is 0 Å². The van der Waals surface area contributed by atoms with Gasteiger partial charge in [0, 0.05) is 17.9 Å². The summed E-state index contributed by atoms with van der Waals surface area (Å²) < 4.78 is 5.43. The van der Waals surface area contributed by atoms with Crippen molar-refractivity contribution in [2.45, 2.75) is 58.1 Å². The van der Waals surface area contributed by atoms with E-state index in [-0.39, 0.29) is 6.09 Å². The van der Waals surface area contributed by atoms with Crippen molar-refractivity contribution in [2.75, 3.05) is 11.9 Å². The molecule has 1 rings (SSSR count). The quantitative estimate of drug-likeness (QED) is 0.728. The third-order valence-electron chi connectivity index (χ3n) is 2.70. The summed E-state index contributed by atoms with van der Waals surface area (Å²) in [6, 6.07) is 0.350. The minimum atomic E-state index is -0.395. The molecule has 1 fully saturated rings. The molecule has 0 spiro atoms. The molecule has 94 valence electrons. The molecular formula is C12H22BrNO2. The molecule has 1 saturated heterocycles. The van der Waals surface area contributed by atoms with Crippen LogP contribution in [0.25, 0.3) is 0 Å². The van der Waals surface area contributed by atoms with Crippen molar-refractivity contribution in [3.8, 4) is 0 Å². The SMILES string of the molecule is CC(C)(C)OC(=O)N1CCCC[C@@H]1CCBr. The number of halogens is 1. The predicted octanol–water partition coefficient (Wildman–Crippen LogP) is 3.56. The molecule has 0 bridgehead atoms. The van der Waals surface area contributed by atoms with E-state index in [9.17, 15) is 4.79 Å². The Morgan fingerprint density at radius 2 is 2.12 bits per heavy atom. The number of piperidine rings is 1. The molecule has 1 heterocycles. The van der Waals surface area contributed by atoms with Crippen molar-refractivity contribution in [2.24, 2.45) is 0 Å². The van der Waals surface area contributed by atoms with Crippen molar-refractivity contribution in [3.05, 3.63) is 0 Å². The molecular weight excluding hydrogens is 270 g/mol. The topological polar surface area (TPSA) is 29.5 Å². The molecule has 1 aliphatic heterocycles. The summed E-state index contributed by atoms with van der Waals surface area (Å²) in [5.74, 6) is 0. The Morgan fingerprint density at radius 3 is 2.69 bits per heavy atom. The third-order valence-corrected chi connectivity index (χ3v) is 3.16. The fourth-order valence-electron chi connectivity index (χ4n) is 1.99. The summed E-state index contributed by atoms with van der Waals surface area (Å²) >= 11 is 3.44. The molecule has 4 heteroatoms. The first-order valence-corrected chi connectivity index (χ1v) is 7.12. The zero-order valence-corrected chi connectivity index (χ0v) is 12.0. The molecule has 3 nitrogen and oxygen atoms in total. The maximum absolute atomic E-state index is 12.0. The Labute approximate surface area is 107 Å². The minimum absolute atomic E-state index is 0.154. The van der Waals surface area contributed by atoms with Crippen LogP contribution in [0.2, 0.25) is 0 Å². The zero-order chi connectivity index (χ0) is 12.2. The van der Waals surface area contributed by atoms with Crippen LogP contribution >= 0.6 is 15.9 Å². The second-order valence-electron chi connectivity index (χ2n) is 5.30. The van der Waals surface area contributed by atoms with Gasteiger partial charge in [0.25, 0.3) is 0 Å². The minimum Gasteiger partial charge on any atom is -0.444 e. The molecule has 1 aliphatic rings. The number of carbonyl (C=O) groups is 1. The molecule has 0 aliphatic carbocycles. The monoisotopic (exact) mass is 291 g/mol. The van der Waals surface area contributed by atoms with Gasteiger partial charge in [-0.3, -0.25) is 0 Å². The molecule has 0 saturated carbocycles. The average molecular weight is 292 g/mol. The number of likely N-dealkylation sites (tertiary alicyclic amines) is 1. The Morgan fingerprint density at radius 1 is 1.44 bits per heavy atom. The van der Waals surface area contributed by atoms with E-state index < -0.39 is 5.60 Å². The Kier molecular flexibility index (Phi) is 5.09. The van der Waals surface area contributed by atoms with Crippen LogP contribution in [0.5, 0.6) is 0 Å². The van der Waals surface area contributed by atoms with Crippen LogP contribution in [0.3, 0.4) is 0 Å². The van der Waals surface area contributed by atoms with Crippen molar-refractivity contribution in [1.29, 1.82) is 0 Å². The highest BCUT2D eigenvalue weighted by Crippen LogP contribution is 2.22. The van der Waals surface area contributed by atoms with E-state index in [1.54, 1.807) is 0 Å². The standard InChI is InChI=1S/C12H22BrNO2/c1-12(2,3)16-11(15)14-9-5-4-6-10(14)7-8-13/h10H,4-9H2,1-3H3/t10-/m1/s1. The largest absolute Gasteiger partial charge is 0.444 e. The lowest BCUT2D eigenvalue weighted by Crippen LogP contribution is -2.46. The first-order valence-electron chi connectivity index (χ1n) is 5.99. The fourth-order valence-corrected chi connectivity index (χ4v) is 2.52. The molecule has 0 aromatic rings. The van der Waals surface area contributed by atoms with E-state index in [4.69, 9.17) is 4.74 Å². The van der Waals surface area contributed by atoms with E-state index in [0.29, 0.717) is 6.04 Å². The predicted molar refractivity (Wildman–Crippen MR) is 69.0 cm³/mol. The summed E-state index contributed by atoms with van der Waals surface area (Å²) in [7, 11) is 0. The Balaban J connectivity index is 2.57. The van der Waals surface area contributed by atoms with Gasteiger partial charge in [0.1, 0.15) is 5.60 Å². The van der Waals surface area contributed by atoms with Gasteiger partial charge in [-0.05, 0) is 46.5 Å². The van der Waals surface area contributed by atoms with Gasteiger partial charge in [-0.1, -0.05) is 15.9 Å². The van der Waals surface area contributed by atoms with Crippen molar-refractivity contribution in [1.82, 2.24) is 4.90 Å². The van der Waals surface area contributed by atoms with Crippen LogP contribution in [-0.4, -0.2) is 34.5 Å². The van der Waals surface area contributed by atoms with Gasteiger partial charge >= 0.3 is 6.09 Å². The van der Waals surface area contributed by atoms with E-state index in [1.165, 1.54) is 6.42 Å². The summed E-state index contributed by atoms with van der Waals surface area (Å²) in [5, 5.41) is 0.941. The number of amides is 1. The summed E-state index contributed by atoms with van der Waals surface area (Å²) in [4.78, 5) is 13.9. The normalized spacial score (nSPS) is 22.0. The lowest BCUT2D eigenvalue weighted by molar-refractivity contribution is 0.00962. The van der Waals surface area contributed by atoms with Crippen molar-refractivity contribution >= 4 is 22.0 Å². The molecule has 0 radical (unpaired) electrons. The Hall–Kier alpha value is -0.250. The highest BCUT2D eigenvalue weighted by molar-refractivity contribution is 9.09. The molecule has 0 N–H and O–H groups in total. The van der Waals surface area contributed by atoms with Gasteiger partial charge in [-0.2, -0.15) is 0 Å². The number of hydrogen-bond donors (Lipinski definition) is 0. The van der Waals surface area contributed by atoms with Crippen molar-refractivity contribution < 1.29 is 9.53 Å². The lowest BCUT2D eigenvalue weighted by Gasteiger charge is -2.36.